The van der Waals surface area contributed by atoms with Gasteiger partial charge in [-0.1, -0.05) is 6.92 Å². The third-order valence-electron chi connectivity index (χ3n) is 2.75. The minimum Gasteiger partial charge on any atom is -0.478 e. The molecule has 0 unspecified atom stereocenters. The van der Waals surface area contributed by atoms with Crippen molar-refractivity contribution in [1.82, 2.24) is 14.2 Å². The zero-order valence-corrected chi connectivity index (χ0v) is 12.8. The van der Waals surface area contributed by atoms with Gasteiger partial charge in [0.05, 0.1) is 12.1 Å². The lowest BCUT2D eigenvalue weighted by molar-refractivity contribution is -0.128. The fourth-order valence-corrected chi connectivity index (χ4v) is 2.76. The van der Waals surface area contributed by atoms with Crippen molar-refractivity contribution in [2.24, 2.45) is 0 Å². The molecule has 0 spiro atoms. The van der Waals surface area contributed by atoms with Gasteiger partial charge in [0.15, 0.2) is 5.03 Å². The number of likely N-dealkylation sites (N-methyl/N-ethyl adjacent to an activating group) is 2. The van der Waals surface area contributed by atoms with E-state index in [0.717, 1.165) is 22.6 Å². The number of hydrogen-bond acceptors (Lipinski definition) is 5. The molecule has 1 N–H and O–H groups in total. The molecule has 0 saturated carbocycles. The van der Waals surface area contributed by atoms with E-state index in [4.69, 9.17) is 5.11 Å². The van der Waals surface area contributed by atoms with Crippen LogP contribution in [0.4, 0.5) is 0 Å². The largest absolute Gasteiger partial charge is 0.478 e. The molecule has 0 aliphatic carbocycles. The Hall–Kier alpha value is -2.00. The molecule has 116 valence electrons. The van der Waals surface area contributed by atoms with Crippen molar-refractivity contribution in [3.8, 4) is 0 Å². The maximum absolute atomic E-state index is 12.3. The quantitative estimate of drug-likeness (QED) is 0.784. The topological polar surface area (TPSA) is 108 Å². The lowest BCUT2D eigenvalue weighted by atomic mass is 10.3. The lowest BCUT2D eigenvalue weighted by Gasteiger charge is -2.21. The molecule has 0 aromatic carbocycles. The highest BCUT2D eigenvalue weighted by molar-refractivity contribution is 7.89. The van der Waals surface area contributed by atoms with Gasteiger partial charge in [-0.25, -0.2) is 18.2 Å². The second kappa shape index (κ2) is 6.64. The third-order valence-corrected chi connectivity index (χ3v) is 4.59. The first-order valence-electron chi connectivity index (χ1n) is 6.09. The number of aromatic nitrogens is 1. The van der Waals surface area contributed by atoms with Gasteiger partial charge in [0.1, 0.15) is 0 Å². The number of hydrogen-bond donors (Lipinski definition) is 1. The van der Waals surface area contributed by atoms with E-state index in [1.54, 1.807) is 6.92 Å². The minimum atomic E-state index is -3.94. The van der Waals surface area contributed by atoms with Crippen molar-refractivity contribution in [3.63, 3.8) is 0 Å². The zero-order valence-electron chi connectivity index (χ0n) is 12.0. The highest BCUT2D eigenvalue weighted by Crippen LogP contribution is 2.13. The van der Waals surface area contributed by atoms with E-state index in [9.17, 15) is 18.0 Å². The van der Waals surface area contributed by atoms with Crippen LogP contribution >= 0.6 is 0 Å². The first-order chi connectivity index (χ1) is 9.70. The molecular weight excluding hydrogens is 298 g/mol. The third kappa shape index (κ3) is 3.99. The summed E-state index contributed by atoms with van der Waals surface area (Å²) in [5.74, 6) is -1.55. The Balaban J connectivity index is 3.07. The molecule has 1 rings (SSSR count). The Morgan fingerprint density at radius 2 is 1.90 bits per heavy atom. The summed E-state index contributed by atoms with van der Waals surface area (Å²) >= 11 is 0. The monoisotopic (exact) mass is 315 g/mol. The van der Waals surface area contributed by atoms with E-state index in [0.29, 0.717) is 0 Å². The van der Waals surface area contributed by atoms with Gasteiger partial charge in [-0.2, -0.15) is 4.31 Å². The Morgan fingerprint density at radius 3 is 2.29 bits per heavy atom. The molecular formula is C12H17N3O5S. The van der Waals surface area contributed by atoms with E-state index < -0.39 is 16.0 Å². The molecule has 9 heteroatoms. The SMILES string of the molecule is CCN(CC(=O)N(C)C)S(=O)(=O)c1ccc(C(=O)O)cn1. The maximum Gasteiger partial charge on any atom is 0.337 e. The fourth-order valence-electron chi connectivity index (χ4n) is 1.45. The van der Waals surface area contributed by atoms with Crippen LogP contribution in [0, 0.1) is 0 Å². The van der Waals surface area contributed by atoms with E-state index >= 15 is 0 Å². The molecule has 1 aromatic heterocycles. The van der Waals surface area contributed by atoms with Gasteiger partial charge < -0.3 is 10.0 Å². The average molecular weight is 315 g/mol. The van der Waals surface area contributed by atoms with Crippen molar-refractivity contribution in [2.75, 3.05) is 27.2 Å². The Labute approximate surface area is 123 Å². The summed E-state index contributed by atoms with van der Waals surface area (Å²) in [5, 5.41) is 8.47. The second-order valence-corrected chi connectivity index (χ2v) is 6.29. The van der Waals surface area contributed by atoms with Crippen LogP contribution in [0.5, 0.6) is 0 Å². The Morgan fingerprint density at radius 1 is 1.29 bits per heavy atom. The van der Waals surface area contributed by atoms with Crippen LogP contribution in [0.15, 0.2) is 23.4 Å². The van der Waals surface area contributed by atoms with Crippen molar-refractivity contribution >= 4 is 21.9 Å². The van der Waals surface area contributed by atoms with Crippen LogP contribution in [0.1, 0.15) is 17.3 Å². The van der Waals surface area contributed by atoms with Crippen molar-refractivity contribution in [3.05, 3.63) is 23.9 Å². The summed E-state index contributed by atoms with van der Waals surface area (Å²) in [6.07, 6.45) is 0.969. The van der Waals surface area contributed by atoms with Gasteiger partial charge in [0, 0.05) is 26.8 Å². The summed E-state index contributed by atoms with van der Waals surface area (Å²) in [6, 6.07) is 2.27. The fraction of sp³-hybridized carbons (Fsp3) is 0.417. The molecule has 1 heterocycles. The number of carbonyl (C=O) groups excluding carboxylic acids is 1. The normalized spacial score (nSPS) is 11.4. The van der Waals surface area contributed by atoms with Gasteiger partial charge in [-0.15, -0.1) is 0 Å². The average Bonchev–Trinajstić information content (AvgIpc) is 2.44. The number of carboxylic acids is 1. The Kier molecular flexibility index (Phi) is 5.39. The molecule has 0 radical (unpaired) electrons. The smallest absolute Gasteiger partial charge is 0.337 e. The summed E-state index contributed by atoms with van der Waals surface area (Å²) in [7, 11) is -0.879. The van der Waals surface area contributed by atoms with E-state index in [2.05, 4.69) is 4.98 Å². The molecule has 0 saturated heterocycles. The highest BCUT2D eigenvalue weighted by Gasteiger charge is 2.27. The predicted molar refractivity (Wildman–Crippen MR) is 74.3 cm³/mol. The van der Waals surface area contributed by atoms with Crippen molar-refractivity contribution in [1.29, 1.82) is 0 Å². The summed E-state index contributed by atoms with van der Waals surface area (Å²) < 4.78 is 25.7. The van der Waals surface area contributed by atoms with Crippen LogP contribution in [0.25, 0.3) is 0 Å². The maximum atomic E-state index is 12.3. The van der Waals surface area contributed by atoms with Gasteiger partial charge >= 0.3 is 5.97 Å². The van der Waals surface area contributed by atoms with Crippen molar-refractivity contribution < 1.29 is 23.1 Å². The number of nitrogens with zero attached hydrogens (tertiary/aromatic N) is 3. The van der Waals surface area contributed by atoms with Crippen molar-refractivity contribution in [2.45, 2.75) is 11.9 Å². The van der Waals surface area contributed by atoms with E-state index in [1.807, 2.05) is 0 Å². The molecule has 0 atom stereocenters. The number of pyridine rings is 1. The van der Waals surface area contributed by atoms with Crippen LogP contribution in [0.3, 0.4) is 0 Å². The standard InChI is InChI=1S/C12H17N3O5S/c1-4-15(8-11(16)14(2)3)21(19,20)10-6-5-9(7-13-10)12(17)18/h5-7H,4,8H2,1-3H3,(H,17,18). The molecule has 8 nitrogen and oxygen atoms in total. The number of sulfonamides is 1. The molecule has 21 heavy (non-hydrogen) atoms. The summed E-state index contributed by atoms with van der Waals surface area (Å²) in [5.41, 5.74) is -0.110. The molecule has 0 bridgehead atoms. The molecule has 0 aliphatic heterocycles. The number of rotatable bonds is 6. The van der Waals surface area contributed by atoms with Crippen LogP contribution < -0.4 is 0 Å². The number of aromatic carboxylic acids is 1. The Bertz CT molecular complexity index is 625. The summed E-state index contributed by atoms with van der Waals surface area (Å²) in [6.45, 7) is 1.41. The van der Waals surface area contributed by atoms with E-state index in [-0.39, 0.29) is 29.6 Å². The van der Waals surface area contributed by atoms with Gasteiger partial charge in [-0.05, 0) is 12.1 Å². The van der Waals surface area contributed by atoms with Crippen LogP contribution in [0.2, 0.25) is 0 Å². The lowest BCUT2D eigenvalue weighted by Crippen LogP contribution is -2.40. The molecule has 0 fully saturated rings. The minimum absolute atomic E-state index is 0.101. The summed E-state index contributed by atoms with van der Waals surface area (Å²) in [4.78, 5) is 27.3. The molecule has 1 amide bonds. The van der Waals surface area contributed by atoms with Gasteiger partial charge in [0.2, 0.25) is 5.91 Å². The number of amides is 1. The molecule has 0 aliphatic rings. The van der Waals surface area contributed by atoms with Crippen LogP contribution in [-0.2, 0) is 14.8 Å². The first-order valence-corrected chi connectivity index (χ1v) is 7.53. The molecule has 1 aromatic rings. The highest BCUT2D eigenvalue weighted by atomic mass is 32.2. The predicted octanol–water partition coefficient (Wildman–Crippen LogP) is -0.121. The number of carbonyl (C=O) groups is 2. The van der Waals surface area contributed by atoms with E-state index in [1.165, 1.54) is 19.0 Å². The zero-order chi connectivity index (χ0) is 16.2. The number of carboxylic acid groups (broad SMARTS) is 1. The van der Waals surface area contributed by atoms with Gasteiger partial charge in [-0.3, -0.25) is 4.79 Å². The first kappa shape index (κ1) is 17.1. The second-order valence-electron chi connectivity index (χ2n) is 4.41. The van der Waals surface area contributed by atoms with Gasteiger partial charge in [0.25, 0.3) is 10.0 Å². The van der Waals surface area contributed by atoms with Crippen LogP contribution in [-0.4, -0.2) is 66.8 Å².